The van der Waals surface area contributed by atoms with E-state index in [4.69, 9.17) is 4.74 Å². The number of amides is 1. The number of rotatable bonds is 8. The lowest BCUT2D eigenvalue weighted by Gasteiger charge is -2.20. The summed E-state index contributed by atoms with van der Waals surface area (Å²) in [5.41, 5.74) is 0.151. The molecule has 2 rings (SSSR count). The average Bonchev–Trinajstić information content (AvgIpc) is 2.70. The van der Waals surface area contributed by atoms with Crippen molar-refractivity contribution in [1.82, 2.24) is 5.32 Å². The van der Waals surface area contributed by atoms with Crippen LogP contribution < -0.4 is 10.1 Å². The van der Waals surface area contributed by atoms with Crippen molar-refractivity contribution < 1.29 is 34.6 Å². The molecule has 0 saturated carbocycles. The topological polar surface area (TPSA) is 159 Å². The molecule has 0 aliphatic heterocycles. The summed E-state index contributed by atoms with van der Waals surface area (Å²) in [7, 11) is 1.36. The fourth-order valence-electron chi connectivity index (χ4n) is 2.46. The van der Waals surface area contributed by atoms with E-state index in [-0.39, 0.29) is 22.7 Å². The first-order valence-corrected chi connectivity index (χ1v) is 8.23. The number of hydrogen-bond acceptors (Lipinski definition) is 7. The Morgan fingerprint density at radius 1 is 1.24 bits per heavy atom. The van der Waals surface area contributed by atoms with E-state index in [2.05, 4.69) is 5.32 Å². The minimum Gasteiger partial charge on any atom is -0.504 e. The maximum Gasteiger partial charge on any atom is 0.329 e. The number of phenols is 1. The number of ether oxygens (including phenoxy) is 1. The van der Waals surface area contributed by atoms with E-state index >= 15 is 0 Å². The van der Waals surface area contributed by atoms with Gasteiger partial charge < -0.3 is 25.4 Å². The first-order valence-electron chi connectivity index (χ1n) is 8.23. The number of carboxylic acid groups (broad SMARTS) is 1. The zero-order chi connectivity index (χ0) is 21.6. The lowest BCUT2D eigenvalue weighted by atomic mass is 10.0. The summed E-state index contributed by atoms with van der Waals surface area (Å²) in [5.74, 6) is -2.22. The SMILES string of the molecule is COc1cc(/C=C/C(=O)N[C@H](C(=O)O)[C@H](O)c2cccc([N+](=O)[O-])c2)ccc1O. The number of nitrogens with one attached hydrogen (secondary N) is 1. The molecule has 0 aliphatic carbocycles. The molecule has 0 bridgehead atoms. The van der Waals surface area contributed by atoms with E-state index in [9.17, 15) is 35.0 Å². The van der Waals surface area contributed by atoms with Gasteiger partial charge in [-0.05, 0) is 29.3 Å². The van der Waals surface area contributed by atoms with Crippen LogP contribution >= 0.6 is 0 Å². The van der Waals surface area contributed by atoms with Gasteiger partial charge >= 0.3 is 5.97 Å². The molecule has 0 heterocycles. The number of aliphatic hydroxyl groups excluding tert-OH is 1. The van der Waals surface area contributed by atoms with Gasteiger partial charge in [0, 0.05) is 18.2 Å². The third kappa shape index (κ3) is 5.53. The number of nitrogens with zero attached hydrogens (tertiary/aromatic N) is 1. The number of nitro benzene ring substituents is 1. The lowest BCUT2D eigenvalue weighted by molar-refractivity contribution is -0.385. The zero-order valence-corrected chi connectivity index (χ0v) is 15.2. The molecule has 0 saturated heterocycles. The van der Waals surface area contributed by atoms with Crippen molar-refractivity contribution in [2.75, 3.05) is 7.11 Å². The van der Waals surface area contributed by atoms with Gasteiger partial charge in [-0.2, -0.15) is 0 Å². The van der Waals surface area contributed by atoms with Crippen molar-refractivity contribution in [3.8, 4) is 11.5 Å². The molecule has 29 heavy (non-hydrogen) atoms. The number of carboxylic acids is 1. The minimum atomic E-state index is -1.73. The van der Waals surface area contributed by atoms with Crippen molar-refractivity contribution in [3.63, 3.8) is 0 Å². The number of nitro groups is 1. The molecule has 2 aromatic rings. The molecule has 0 aromatic heterocycles. The maximum absolute atomic E-state index is 12.1. The predicted octanol–water partition coefficient (Wildman–Crippen LogP) is 1.63. The van der Waals surface area contributed by atoms with Gasteiger partial charge in [0.05, 0.1) is 12.0 Å². The first kappa shape index (κ1) is 21.4. The monoisotopic (exact) mass is 402 g/mol. The number of benzene rings is 2. The Balaban J connectivity index is 2.15. The summed E-state index contributed by atoms with van der Waals surface area (Å²) in [4.78, 5) is 33.8. The van der Waals surface area contributed by atoms with Crippen molar-refractivity contribution in [1.29, 1.82) is 0 Å². The van der Waals surface area contributed by atoms with Crippen LogP contribution in [0.1, 0.15) is 17.2 Å². The van der Waals surface area contributed by atoms with E-state index in [0.717, 1.165) is 12.1 Å². The van der Waals surface area contributed by atoms with E-state index in [1.807, 2.05) is 0 Å². The number of carbonyl (C=O) groups is 2. The number of aromatic hydroxyl groups is 1. The second kappa shape index (κ2) is 9.33. The molecule has 1 amide bonds. The smallest absolute Gasteiger partial charge is 0.329 e. The van der Waals surface area contributed by atoms with Gasteiger partial charge in [0.1, 0.15) is 6.10 Å². The van der Waals surface area contributed by atoms with Crippen LogP contribution in [0.2, 0.25) is 0 Å². The van der Waals surface area contributed by atoms with Gasteiger partial charge in [-0.25, -0.2) is 4.79 Å². The van der Waals surface area contributed by atoms with Gasteiger partial charge in [0.2, 0.25) is 5.91 Å². The number of aliphatic hydroxyl groups is 1. The van der Waals surface area contributed by atoms with E-state index in [1.165, 1.54) is 49.6 Å². The summed E-state index contributed by atoms with van der Waals surface area (Å²) in [6.07, 6.45) is 0.691. The van der Waals surface area contributed by atoms with Crippen LogP contribution in [-0.2, 0) is 9.59 Å². The quantitative estimate of drug-likeness (QED) is 0.294. The largest absolute Gasteiger partial charge is 0.504 e. The third-order valence-electron chi connectivity index (χ3n) is 3.93. The number of carbonyl (C=O) groups excluding carboxylic acids is 1. The molecule has 0 aliphatic rings. The van der Waals surface area contributed by atoms with E-state index in [1.54, 1.807) is 0 Å². The van der Waals surface area contributed by atoms with Crippen LogP contribution in [0.5, 0.6) is 11.5 Å². The Hall–Kier alpha value is -3.92. The van der Waals surface area contributed by atoms with Crippen LogP contribution in [0.3, 0.4) is 0 Å². The summed E-state index contributed by atoms with van der Waals surface area (Å²) < 4.78 is 4.95. The fourth-order valence-corrected chi connectivity index (χ4v) is 2.46. The highest BCUT2D eigenvalue weighted by Crippen LogP contribution is 2.27. The Labute approximate surface area is 164 Å². The molecule has 0 spiro atoms. The Kier molecular flexibility index (Phi) is 6.88. The van der Waals surface area contributed by atoms with Crippen LogP contribution in [0.25, 0.3) is 6.08 Å². The average molecular weight is 402 g/mol. The van der Waals surface area contributed by atoms with E-state index < -0.39 is 28.9 Å². The molecular weight excluding hydrogens is 384 g/mol. The fraction of sp³-hybridized carbons (Fsp3) is 0.158. The van der Waals surface area contributed by atoms with Crippen molar-refractivity contribution >= 4 is 23.6 Å². The summed E-state index contributed by atoms with van der Waals surface area (Å²) >= 11 is 0. The molecular formula is C19H18N2O8. The molecule has 2 atom stereocenters. The number of methoxy groups -OCH3 is 1. The molecule has 0 radical (unpaired) electrons. The zero-order valence-electron chi connectivity index (χ0n) is 15.2. The normalized spacial score (nSPS) is 12.9. The predicted molar refractivity (Wildman–Crippen MR) is 101 cm³/mol. The molecule has 10 heteroatoms. The highest BCUT2D eigenvalue weighted by Gasteiger charge is 2.29. The summed E-state index contributed by atoms with van der Waals surface area (Å²) in [5, 5.41) is 42.2. The highest BCUT2D eigenvalue weighted by molar-refractivity contribution is 5.94. The highest BCUT2D eigenvalue weighted by atomic mass is 16.6. The standard InChI is InChI=1S/C19H18N2O8/c1-29-15-9-11(5-7-14(15)22)6-8-16(23)20-17(19(25)26)18(24)12-3-2-4-13(10-12)21(27)28/h2-10,17-18,22,24H,1H3,(H,20,23)(H,25,26)/b8-6+/t17-,18+/m0/s1. The minimum absolute atomic E-state index is 0.0286. The third-order valence-corrected chi connectivity index (χ3v) is 3.93. The van der Waals surface area contributed by atoms with Crippen LogP contribution in [0.4, 0.5) is 5.69 Å². The second-order valence-corrected chi connectivity index (χ2v) is 5.89. The molecule has 2 aromatic carbocycles. The summed E-state index contributed by atoms with van der Waals surface area (Å²) in [6.45, 7) is 0. The number of non-ortho nitro benzene ring substituents is 1. The molecule has 10 nitrogen and oxygen atoms in total. The van der Waals surface area contributed by atoms with E-state index in [0.29, 0.717) is 5.56 Å². The Bertz CT molecular complexity index is 957. The van der Waals surface area contributed by atoms with Crippen molar-refractivity contribution in [3.05, 3.63) is 69.8 Å². The molecule has 0 unspecified atom stereocenters. The van der Waals surface area contributed by atoms with Crippen molar-refractivity contribution in [2.45, 2.75) is 12.1 Å². The number of hydrogen-bond donors (Lipinski definition) is 4. The van der Waals surface area contributed by atoms with Gasteiger partial charge in [-0.3, -0.25) is 14.9 Å². The summed E-state index contributed by atoms with van der Waals surface area (Å²) in [6, 6.07) is 7.45. The Morgan fingerprint density at radius 3 is 2.59 bits per heavy atom. The lowest BCUT2D eigenvalue weighted by Crippen LogP contribution is -2.44. The van der Waals surface area contributed by atoms with Gasteiger partial charge in [0.15, 0.2) is 17.5 Å². The molecule has 152 valence electrons. The van der Waals surface area contributed by atoms with Crippen LogP contribution in [0, 0.1) is 10.1 Å². The molecule has 4 N–H and O–H groups in total. The van der Waals surface area contributed by atoms with Crippen LogP contribution in [0.15, 0.2) is 48.5 Å². The molecule has 0 fully saturated rings. The van der Waals surface area contributed by atoms with Gasteiger partial charge in [0.25, 0.3) is 5.69 Å². The number of aliphatic carboxylic acids is 1. The Morgan fingerprint density at radius 2 is 1.97 bits per heavy atom. The van der Waals surface area contributed by atoms with Crippen molar-refractivity contribution in [2.24, 2.45) is 0 Å². The van der Waals surface area contributed by atoms with Gasteiger partial charge in [-0.15, -0.1) is 0 Å². The maximum atomic E-state index is 12.1. The first-order chi connectivity index (χ1) is 13.7. The number of phenolic OH excluding ortho intramolecular Hbond substituents is 1. The second-order valence-electron chi connectivity index (χ2n) is 5.89. The van der Waals surface area contributed by atoms with Crippen LogP contribution in [-0.4, -0.2) is 45.3 Å². The van der Waals surface area contributed by atoms with Gasteiger partial charge in [-0.1, -0.05) is 18.2 Å².